The lowest BCUT2D eigenvalue weighted by Gasteiger charge is -2.02. The molecular weight excluding hydrogens is 156 g/mol. The zero-order chi connectivity index (χ0) is 8.36. The van der Waals surface area contributed by atoms with Gasteiger partial charge in [0.15, 0.2) is 0 Å². The monoisotopic (exact) mass is 176 g/mol. The van der Waals surface area contributed by atoms with Crippen LogP contribution in [0.1, 0.15) is 26.7 Å². The molecule has 0 aliphatic heterocycles. The maximum absolute atomic E-state index is 5.34. The van der Waals surface area contributed by atoms with Crippen molar-refractivity contribution in [3.8, 4) is 0 Å². The summed E-state index contributed by atoms with van der Waals surface area (Å²) >= 11 is 0. The van der Waals surface area contributed by atoms with Crippen LogP contribution in [0.25, 0.3) is 0 Å². The topological polar surface area (TPSA) is 18.5 Å². The van der Waals surface area contributed by atoms with Gasteiger partial charge in [-0.2, -0.15) is 0 Å². The van der Waals surface area contributed by atoms with E-state index in [0.29, 0.717) is 0 Å². The minimum atomic E-state index is -0.0738. The van der Waals surface area contributed by atoms with E-state index in [1.54, 1.807) is 0 Å². The number of hydrogen-bond donors (Lipinski definition) is 0. The molecule has 0 spiro atoms. The summed E-state index contributed by atoms with van der Waals surface area (Å²) in [5.41, 5.74) is 0. The first kappa shape index (κ1) is 11.1. The van der Waals surface area contributed by atoms with Crippen LogP contribution in [0.3, 0.4) is 0 Å². The molecule has 2 nitrogen and oxygen atoms in total. The lowest BCUT2D eigenvalue weighted by Crippen LogP contribution is -2.12. The van der Waals surface area contributed by atoms with Crippen molar-refractivity contribution in [2.45, 2.75) is 26.7 Å². The largest absolute Gasteiger partial charge is 0.385 e. The minimum Gasteiger partial charge on any atom is -0.385 e. The summed E-state index contributed by atoms with van der Waals surface area (Å²) in [5, 5.41) is 0. The van der Waals surface area contributed by atoms with Crippen molar-refractivity contribution in [1.29, 1.82) is 0 Å². The van der Waals surface area contributed by atoms with Gasteiger partial charge in [0, 0.05) is 25.7 Å². The lowest BCUT2D eigenvalue weighted by molar-refractivity contribution is 0.157. The van der Waals surface area contributed by atoms with Crippen LogP contribution in [-0.2, 0) is 9.47 Å². The summed E-state index contributed by atoms with van der Waals surface area (Å²) in [5.74, 6) is 0. The highest BCUT2D eigenvalue weighted by Gasteiger charge is 1.88. The first-order chi connectivity index (χ1) is 5.41. The first-order valence-electron chi connectivity index (χ1n) is 4.57. The van der Waals surface area contributed by atoms with Crippen molar-refractivity contribution in [3.05, 3.63) is 0 Å². The molecule has 68 valence electrons. The van der Waals surface area contributed by atoms with Gasteiger partial charge in [-0.3, -0.25) is 0 Å². The standard InChI is InChI=1S/C8H20O2Si/c1-3-5-9-7-11-8-10-6-4-2/h3-8,11H2,1-2H3. The van der Waals surface area contributed by atoms with Crippen LogP contribution in [0, 0.1) is 0 Å². The third-order valence-electron chi connectivity index (χ3n) is 1.27. The molecule has 11 heavy (non-hydrogen) atoms. The summed E-state index contributed by atoms with van der Waals surface area (Å²) in [7, 11) is -0.0738. The van der Waals surface area contributed by atoms with Gasteiger partial charge in [0.1, 0.15) is 0 Å². The van der Waals surface area contributed by atoms with E-state index in [0.717, 1.165) is 38.5 Å². The molecule has 0 bridgehead atoms. The van der Waals surface area contributed by atoms with Gasteiger partial charge < -0.3 is 9.47 Å². The quantitative estimate of drug-likeness (QED) is 0.404. The molecule has 0 aromatic rings. The molecule has 0 saturated carbocycles. The Kier molecular flexibility index (Phi) is 10.3. The fraction of sp³-hybridized carbons (Fsp3) is 1.00. The molecule has 0 amide bonds. The van der Waals surface area contributed by atoms with Crippen molar-refractivity contribution < 1.29 is 9.47 Å². The highest BCUT2D eigenvalue weighted by molar-refractivity contribution is 6.34. The molecule has 0 aliphatic carbocycles. The molecule has 0 unspecified atom stereocenters. The second kappa shape index (κ2) is 10.1. The number of rotatable bonds is 8. The third kappa shape index (κ3) is 10.1. The zero-order valence-electron chi connectivity index (χ0n) is 7.77. The van der Waals surface area contributed by atoms with E-state index in [4.69, 9.17) is 9.47 Å². The van der Waals surface area contributed by atoms with E-state index in [1.807, 2.05) is 0 Å². The number of hydrogen-bond acceptors (Lipinski definition) is 2. The third-order valence-corrected chi connectivity index (χ3v) is 2.43. The summed E-state index contributed by atoms with van der Waals surface area (Å²) < 4.78 is 10.7. The Bertz CT molecular complexity index is 61.1. The summed E-state index contributed by atoms with van der Waals surface area (Å²) in [6, 6.07) is 0. The van der Waals surface area contributed by atoms with Crippen LogP contribution in [0.2, 0.25) is 0 Å². The van der Waals surface area contributed by atoms with Gasteiger partial charge in [0.25, 0.3) is 0 Å². The predicted molar refractivity (Wildman–Crippen MR) is 50.8 cm³/mol. The van der Waals surface area contributed by atoms with E-state index >= 15 is 0 Å². The average molecular weight is 176 g/mol. The van der Waals surface area contributed by atoms with Gasteiger partial charge in [0.2, 0.25) is 0 Å². The van der Waals surface area contributed by atoms with Gasteiger partial charge in [-0.15, -0.1) is 0 Å². The van der Waals surface area contributed by atoms with Gasteiger partial charge in [-0.1, -0.05) is 13.8 Å². The smallest absolute Gasteiger partial charge is 0.0822 e. The summed E-state index contributed by atoms with van der Waals surface area (Å²) in [4.78, 5) is 0. The van der Waals surface area contributed by atoms with Crippen LogP contribution in [-0.4, -0.2) is 35.2 Å². The molecule has 0 aliphatic rings. The Labute approximate surface area is 72.1 Å². The van der Waals surface area contributed by atoms with Crippen LogP contribution >= 0.6 is 0 Å². The summed E-state index contributed by atoms with van der Waals surface area (Å²) in [6.45, 7) is 6.10. The fourth-order valence-electron chi connectivity index (χ4n) is 0.756. The van der Waals surface area contributed by atoms with Crippen molar-refractivity contribution in [1.82, 2.24) is 0 Å². The minimum absolute atomic E-state index is 0.0738. The zero-order valence-corrected chi connectivity index (χ0v) is 9.18. The van der Waals surface area contributed by atoms with Gasteiger partial charge in [-0.25, -0.2) is 0 Å². The highest BCUT2D eigenvalue weighted by Crippen LogP contribution is 1.81. The van der Waals surface area contributed by atoms with Crippen LogP contribution in [0.15, 0.2) is 0 Å². The molecule has 3 heteroatoms. The molecule has 0 fully saturated rings. The fourth-order valence-corrected chi connectivity index (χ4v) is 1.69. The van der Waals surface area contributed by atoms with Crippen LogP contribution in [0.5, 0.6) is 0 Å². The van der Waals surface area contributed by atoms with Crippen LogP contribution in [0.4, 0.5) is 0 Å². The van der Waals surface area contributed by atoms with E-state index in [1.165, 1.54) is 0 Å². The van der Waals surface area contributed by atoms with E-state index in [-0.39, 0.29) is 9.52 Å². The van der Waals surface area contributed by atoms with E-state index in [9.17, 15) is 0 Å². The Morgan fingerprint density at radius 3 is 1.73 bits per heavy atom. The van der Waals surface area contributed by atoms with Crippen molar-refractivity contribution in [3.63, 3.8) is 0 Å². The Hall–Kier alpha value is 0.137. The van der Waals surface area contributed by atoms with Gasteiger partial charge in [-0.05, 0) is 12.8 Å². The van der Waals surface area contributed by atoms with E-state index in [2.05, 4.69) is 13.8 Å². The molecular formula is C8H20O2Si. The second-order valence-electron chi connectivity index (χ2n) is 2.58. The van der Waals surface area contributed by atoms with Gasteiger partial charge in [0.05, 0.1) is 9.52 Å². The van der Waals surface area contributed by atoms with E-state index < -0.39 is 0 Å². The van der Waals surface area contributed by atoms with Gasteiger partial charge >= 0.3 is 0 Å². The van der Waals surface area contributed by atoms with Crippen molar-refractivity contribution in [2.75, 3.05) is 25.7 Å². The molecule has 0 N–H and O–H groups in total. The van der Waals surface area contributed by atoms with Crippen LogP contribution < -0.4 is 0 Å². The maximum atomic E-state index is 5.34. The maximum Gasteiger partial charge on any atom is 0.0822 e. The molecule has 0 radical (unpaired) electrons. The van der Waals surface area contributed by atoms with Crippen molar-refractivity contribution in [2.24, 2.45) is 0 Å². The molecule has 0 atom stereocenters. The molecule has 0 aromatic carbocycles. The second-order valence-corrected chi connectivity index (χ2v) is 4.10. The molecule has 0 heterocycles. The van der Waals surface area contributed by atoms with Crippen molar-refractivity contribution >= 4 is 9.52 Å². The lowest BCUT2D eigenvalue weighted by atomic mass is 10.5. The average Bonchev–Trinajstić information content (AvgIpc) is 2.03. The Morgan fingerprint density at radius 1 is 0.909 bits per heavy atom. The highest BCUT2D eigenvalue weighted by atomic mass is 28.2. The Balaban J connectivity index is 2.69. The first-order valence-corrected chi connectivity index (χ1v) is 6.57. The molecule has 0 rings (SSSR count). The predicted octanol–water partition coefficient (Wildman–Crippen LogP) is 0.923. The normalized spacial score (nSPS) is 10.4. The summed E-state index contributed by atoms with van der Waals surface area (Å²) in [6.07, 6.45) is 4.23. The SMILES string of the molecule is CCCOC[SiH2]COCCC. The Morgan fingerprint density at radius 2 is 1.36 bits per heavy atom. The number of ether oxygens (including phenoxy) is 2. The molecule has 0 saturated heterocycles. The molecule has 0 aromatic heterocycles.